The first kappa shape index (κ1) is 26.9. The van der Waals surface area contributed by atoms with Crippen molar-refractivity contribution in [1.29, 1.82) is 0 Å². The molecule has 10 nitrogen and oxygen atoms in total. The minimum atomic E-state index is -0.617. The number of carbonyl (C=O) groups is 3. The maximum atomic E-state index is 13.8. The smallest absolute Gasteiger partial charge is 0.258 e. The van der Waals surface area contributed by atoms with Crippen molar-refractivity contribution in [3.8, 4) is 5.75 Å². The predicted octanol–water partition coefficient (Wildman–Crippen LogP) is 1.33. The highest BCUT2D eigenvalue weighted by Crippen LogP contribution is 2.29. The molecule has 0 aromatic heterocycles. The number of methoxy groups -OCH3 is 1. The van der Waals surface area contributed by atoms with Crippen LogP contribution in [0, 0.1) is 0 Å². The molecule has 3 fully saturated rings. The van der Waals surface area contributed by atoms with Gasteiger partial charge in [-0.2, -0.15) is 0 Å². The van der Waals surface area contributed by atoms with Crippen LogP contribution >= 0.6 is 0 Å². The first-order valence-corrected chi connectivity index (χ1v) is 14.0. The third-order valence-corrected chi connectivity index (χ3v) is 8.35. The van der Waals surface area contributed by atoms with Crippen molar-refractivity contribution in [2.45, 2.75) is 75.3 Å². The molecule has 208 valence electrons. The normalized spacial score (nSPS) is 29.4. The zero-order valence-corrected chi connectivity index (χ0v) is 22.2. The lowest BCUT2D eigenvalue weighted by Gasteiger charge is -2.43. The number of nitrogens with zero attached hydrogens (tertiary/aromatic N) is 2. The molecule has 3 heterocycles. The van der Waals surface area contributed by atoms with Crippen molar-refractivity contribution in [3.63, 3.8) is 0 Å². The van der Waals surface area contributed by atoms with E-state index in [0.717, 1.165) is 32.2 Å². The fourth-order valence-corrected chi connectivity index (χ4v) is 6.32. The molecule has 1 aromatic carbocycles. The van der Waals surface area contributed by atoms with Crippen molar-refractivity contribution in [2.75, 3.05) is 46.5 Å². The number of benzene rings is 1. The Hall–Kier alpha value is -2.69. The van der Waals surface area contributed by atoms with E-state index in [4.69, 9.17) is 14.2 Å². The van der Waals surface area contributed by atoms with Crippen molar-refractivity contribution in [3.05, 3.63) is 29.8 Å². The van der Waals surface area contributed by atoms with E-state index in [1.54, 1.807) is 11.0 Å². The van der Waals surface area contributed by atoms with Gasteiger partial charge in [0.15, 0.2) is 0 Å². The van der Waals surface area contributed by atoms with E-state index in [2.05, 4.69) is 15.5 Å². The van der Waals surface area contributed by atoms with E-state index in [9.17, 15) is 14.4 Å². The first-order valence-electron chi connectivity index (χ1n) is 14.0. The zero-order chi connectivity index (χ0) is 26.5. The van der Waals surface area contributed by atoms with Crippen molar-refractivity contribution in [1.82, 2.24) is 20.4 Å². The topological polar surface area (TPSA) is 109 Å². The summed E-state index contributed by atoms with van der Waals surface area (Å²) in [4.78, 5) is 43.9. The lowest BCUT2D eigenvalue weighted by atomic mass is 9.96. The number of nitrogens with one attached hydrogen (secondary N) is 2. The number of piperazine rings is 1. The van der Waals surface area contributed by atoms with E-state index >= 15 is 0 Å². The second-order valence-electron chi connectivity index (χ2n) is 10.8. The van der Waals surface area contributed by atoms with Crippen molar-refractivity contribution < 1.29 is 28.6 Å². The molecule has 0 spiro atoms. The molecule has 2 bridgehead atoms. The summed E-state index contributed by atoms with van der Waals surface area (Å²) >= 11 is 0. The molecule has 1 aliphatic carbocycles. The van der Waals surface area contributed by atoms with Crippen LogP contribution in [0.15, 0.2) is 24.3 Å². The quantitative estimate of drug-likeness (QED) is 0.607. The van der Waals surface area contributed by atoms with Crippen molar-refractivity contribution in [2.24, 2.45) is 0 Å². The molecule has 2 saturated heterocycles. The summed E-state index contributed by atoms with van der Waals surface area (Å²) in [5.41, 5.74) is 0.486. The summed E-state index contributed by atoms with van der Waals surface area (Å²) < 4.78 is 17.5. The molecule has 2 N–H and O–H groups in total. The fraction of sp³-hybridized carbons (Fsp3) is 0.679. The summed E-state index contributed by atoms with van der Waals surface area (Å²) in [7, 11) is 1.49. The van der Waals surface area contributed by atoms with Gasteiger partial charge in [-0.05, 0) is 37.8 Å². The van der Waals surface area contributed by atoms with Gasteiger partial charge in [-0.3, -0.25) is 19.3 Å². The highest BCUT2D eigenvalue weighted by molar-refractivity contribution is 6.00. The van der Waals surface area contributed by atoms with Crippen LogP contribution in [0.5, 0.6) is 5.75 Å². The fourth-order valence-electron chi connectivity index (χ4n) is 6.32. The molecule has 3 amide bonds. The molecule has 3 aliphatic heterocycles. The van der Waals surface area contributed by atoms with Crippen LogP contribution in [-0.4, -0.2) is 104 Å². The number of rotatable bonds is 4. The zero-order valence-electron chi connectivity index (χ0n) is 22.2. The molecule has 4 atom stereocenters. The molecule has 4 aliphatic rings. The van der Waals surface area contributed by atoms with Gasteiger partial charge in [-0.1, -0.05) is 25.0 Å². The Balaban J connectivity index is 1.39. The molecule has 10 heteroatoms. The van der Waals surface area contributed by atoms with E-state index in [0.29, 0.717) is 43.5 Å². The van der Waals surface area contributed by atoms with Gasteiger partial charge < -0.3 is 29.7 Å². The number of carbonyl (C=O) groups excluding carboxylic acids is 3. The van der Waals surface area contributed by atoms with Crippen molar-refractivity contribution >= 4 is 17.7 Å². The Bertz CT molecular complexity index is 999. The Morgan fingerprint density at radius 2 is 1.92 bits per heavy atom. The van der Waals surface area contributed by atoms with Gasteiger partial charge >= 0.3 is 0 Å². The van der Waals surface area contributed by atoms with E-state index < -0.39 is 6.04 Å². The lowest BCUT2D eigenvalue weighted by Crippen LogP contribution is -2.63. The minimum absolute atomic E-state index is 0.0254. The van der Waals surface area contributed by atoms with Crippen LogP contribution in [0.3, 0.4) is 0 Å². The average Bonchev–Trinajstić information content (AvgIpc) is 3.47. The number of hydrogen-bond acceptors (Lipinski definition) is 7. The number of amides is 3. The van der Waals surface area contributed by atoms with Crippen LogP contribution in [0.4, 0.5) is 0 Å². The van der Waals surface area contributed by atoms with Gasteiger partial charge in [-0.25, -0.2) is 0 Å². The molecule has 5 rings (SSSR count). The third kappa shape index (κ3) is 6.13. The van der Waals surface area contributed by atoms with Gasteiger partial charge in [0.25, 0.3) is 5.91 Å². The first-order chi connectivity index (χ1) is 18.5. The maximum Gasteiger partial charge on any atom is 0.258 e. The average molecular weight is 529 g/mol. The van der Waals surface area contributed by atoms with Crippen LogP contribution in [0.2, 0.25) is 0 Å². The summed E-state index contributed by atoms with van der Waals surface area (Å²) in [6.45, 7) is 2.39. The summed E-state index contributed by atoms with van der Waals surface area (Å²) in [6, 6.07) is 6.90. The highest BCUT2D eigenvalue weighted by Gasteiger charge is 2.40. The number of para-hydroxylation sites is 1. The Morgan fingerprint density at radius 3 is 2.74 bits per heavy atom. The molecule has 1 aromatic rings. The maximum absolute atomic E-state index is 13.8. The number of ether oxygens (including phenoxy) is 3. The van der Waals surface area contributed by atoms with Gasteiger partial charge in [0, 0.05) is 45.8 Å². The van der Waals surface area contributed by atoms with Gasteiger partial charge in [0.05, 0.1) is 30.4 Å². The number of hydrogen-bond donors (Lipinski definition) is 2. The molecular formula is C28H40N4O6. The summed E-state index contributed by atoms with van der Waals surface area (Å²) in [6.07, 6.45) is 6.39. The molecule has 38 heavy (non-hydrogen) atoms. The van der Waals surface area contributed by atoms with Crippen LogP contribution in [0.1, 0.15) is 55.3 Å². The van der Waals surface area contributed by atoms with Gasteiger partial charge in [0.1, 0.15) is 18.4 Å². The Morgan fingerprint density at radius 1 is 1.11 bits per heavy atom. The number of fused-ring (bicyclic) bond motifs is 4. The minimum Gasteiger partial charge on any atom is -0.493 e. The lowest BCUT2D eigenvalue weighted by molar-refractivity contribution is -0.132. The third-order valence-electron chi connectivity index (χ3n) is 8.35. The predicted molar refractivity (Wildman–Crippen MR) is 140 cm³/mol. The molecular weight excluding hydrogens is 488 g/mol. The second kappa shape index (κ2) is 12.4. The largest absolute Gasteiger partial charge is 0.493 e. The van der Waals surface area contributed by atoms with E-state index in [1.165, 1.54) is 20.0 Å². The van der Waals surface area contributed by atoms with E-state index in [1.807, 2.05) is 18.2 Å². The monoisotopic (exact) mass is 528 g/mol. The van der Waals surface area contributed by atoms with Crippen LogP contribution in [0.25, 0.3) is 0 Å². The van der Waals surface area contributed by atoms with Crippen LogP contribution in [-0.2, 0) is 19.1 Å². The Labute approximate surface area is 224 Å². The summed E-state index contributed by atoms with van der Waals surface area (Å²) in [5.74, 6) is -0.0419. The van der Waals surface area contributed by atoms with E-state index in [-0.39, 0.29) is 49.1 Å². The SMILES string of the molecule is COCC(=O)N[C@@H]1CC[C@H]2CCOc3ccccc3C(=O)N3CCN(C4CCCC4)C[C@H]3C(=O)NC[C@H]1O2. The highest BCUT2D eigenvalue weighted by atomic mass is 16.5. The standard InChI is InChI=1S/C28H40N4O6/c1-36-18-26(33)30-22-11-10-20-12-15-37-24-9-5-4-8-21(24)28(35)32-14-13-31(19-6-2-3-7-19)17-23(32)27(34)29-16-25(22)38-20/h4-5,8-9,19-20,22-23,25H,2-3,6-7,10-18H2,1H3,(H,29,34)(H,30,33)/t20-,22+,23-,25+/m0/s1. The van der Waals surface area contributed by atoms with Gasteiger partial charge in [-0.15, -0.1) is 0 Å². The molecule has 1 saturated carbocycles. The van der Waals surface area contributed by atoms with Gasteiger partial charge in [0.2, 0.25) is 11.8 Å². The molecule has 0 radical (unpaired) electrons. The Kier molecular flexibility index (Phi) is 8.81. The second-order valence-corrected chi connectivity index (χ2v) is 10.8. The molecule has 0 unspecified atom stereocenters. The van der Waals surface area contributed by atoms with Crippen LogP contribution < -0.4 is 15.4 Å². The summed E-state index contributed by atoms with van der Waals surface area (Å²) in [5, 5.41) is 6.08.